The molecule has 1 aliphatic heterocycles. The third-order valence-corrected chi connectivity index (χ3v) is 7.25. The molecule has 1 unspecified atom stereocenters. The number of sulfonamides is 1. The van der Waals surface area contributed by atoms with E-state index in [0.717, 1.165) is 28.0 Å². The van der Waals surface area contributed by atoms with Crippen LogP contribution in [0.3, 0.4) is 0 Å². The van der Waals surface area contributed by atoms with E-state index < -0.39 is 10.0 Å². The molecule has 1 heterocycles. The Morgan fingerprint density at radius 2 is 2.06 bits per heavy atom. The van der Waals surface area contributed by atoms with Crippen molar-refractivity contribution < 1.29 is 8.42 Å². The number of nitrogens with one attached hydrogen (secondary N) is 1. The highest BCUT2D eigenvalue weighted by Crippen LogP contribution is 2.29. The third-order valence-electron chi connectivity index (χ3n) is 2.75. The second-order valence-corrected chi connectivity index (χ2v) is 8.75. The Morgan fingerprint density at radius 3 is 2.67 bits per heavy atom. The lowest BCUT2D eigenvalue weighted by Gasteiger charge is -2.14. The Bertz CT molecular complexity index is 554. The van der Waals surface area contributed by atoms with E-state index in [9.17, 15) is 8.42 Å². The third kappa shape index (κ3) is 3.30. The van der Waals surface area contributed by atoms with Crippen LogP contribution in [0.5, 0.6) is 0 Å². The minimum absolute atomic E-state index is 0.0481. The highest BCUT2D eigenvalue weighted by molar-refractivity contribution is 9.11. The van der Waals surface area contributed by atoms with Gasteiger partial charge in [-0.25, -0.2) is 13.1 Å². The molecule has 0 bridgehead atoms. The van der Waals surface area contributed by atoms with Crippen molar-refractivity contribution in [3.63, 3.8) is 0 Å². The minimum atomic E-state index is -3.45. The normalized spacial score (nSPS) is 20.3. The highest BCUT2D eigenvalue weighted by atomic mass is 79.9. The number of aryl methyl sites for hydroxylation is 1. The summed E-state index contributed by atoms with van der Waals surface area (Å²) in [7, 11) is -3.45. The van der Waals surface area contributed by atoms with Gasteiger partial charge in [0.25, 0.3) is 0 Å². The van der Waals surface area contributed by atoms with Crippen molar-refractivity contribution in [3.05, 3.63) is 26.6 Å². The Balaban J connectivity index is 2.31. The standard InChI is InChI=1S/C11H13Br2NO2S2/c1-7-4-10(13)11(5-9(7)12)18(15,16)14-8-2-3-17-6-8/h4-5,8,14H,2-3,6H2,1H3. The van der Waals surface area contributed by atoms with Gasteiger partial charge in [0.15, 0.2) is 0 Å². The summed E-state index contributed by atoms with van der Waals surface area (Å²) in [5.74, 6) is 1.87. The molecule has 100 valence electrons. The quantitative estimate of drug-likeness (QED) is 0.825. The maximum Gasteiger partial charge on any atom is 0.242 e. The van der Waals surface area contributed by atoms with Gasteiger partial charge in [-0.1, -0.05) is 15.9 Å². The fourth-order valence-electron chi connectivity index (χ4n) is 1.74. The molecule has 0 spiro atoms. The van der Waals surface area contributed by atoms with Gasteiger partial charge >= 0.3 is 0 Å². The molecule has 0 aromatic heterocycles. The lowest BCUT2D eigenvalue weighted by atomic mass is 10.2. The van der Waals surface area contributed by atoms with Gasteiger partial charge in [-0.05, 0) is 52.7 Å². The number of halogens is 2. The average molecular weight is 415 g/mol. The van der Waals surface area contributed by atoms with E-state index in [2.05, 4.69) is 36.6 Å². The van der Waals surface area contributed by atoms with Gasteiger partial charge in [-0.3, -0.25) is 0 Å². The number of benzene rings is 1. The lowest BCUT2D eigenvalue weighted by molar-refractivity contribution is 0.562. The molecule has 0 amide bonds. The Kier molecular flexibility index (Phi) is 4.80. The molecule has 7 heteroatoms. The van der Waals surface area contributed by atoms with E-state index >= 15 is 0 Å². The molecule has 0 radical (unpaired) electrons. The van der Waals surface area contributed by atoms with Crippen LogP contribution in [-0.4, -0.2) is 26.0 Å². The largest absolute Gasteiger partial charge is 0.242 e. The van der Waals surface area contributed by atoms with Crippen molar-refractivity contribution in [2.45, 2.75) is 24.3 Å². The van der Waals surface area contributed by atoms with Crippen LogP contribution in [0, 0.1) is 6.92 Å². The van der Waals surface area contributed by atoms with Crippen molar-refractivity contribution in [1.29, 1.82) is 0 Å². The molecule has 1 fully saturated rings. The van der Waals surface area contributed by atoms with Gasteiger partial charge in [-0.2, -0.15) is 11.8 Å². The monoisotopic (exact) mass is 413 g/mol. The molecule has 3 nitrogen and oxygen atoms in total. The minimum Gasteiger partial charge on any atom is -0.207 e. The Hall–Kier alpha value is 0.440. The second kappa shape index (κ2) is 5.83. The lowest BCUT2D eigenvalue weighted by Crippen LogP contribution is -2.34. The van der Waals surface area contributed by atoms with E-state index in [4.69, 9.17) is 0 Å². The first-order valence-electron chi connectivity index (χ1n) is 5.46. The number of rotatable bonds is 3. The van der Waals surface area contributed by atoms with E-state index in [-0.39, 0.29) is 10.9 Å². The number of hydrogen-bond acceptors (Lipinski definition) is 3. The Labute approximate surface area is 128 Å². The molecular weight excluding hydrogens is 402 g/mol. The summed E-state index contributed by atoms with van der Waals surface area (Å²) in [5, 5.41) is 0. The molecular formula is C11H13Br2NO2S2. The van der Waals surface area contributed by atoms with Crippen LogP contribution in [0.4, 0.5) is 0 Å². The van der Waals surface area contributed by atoms with Crippen molar-refractivity contribution in [2.24, 2.45) is 0 Å². The van der Waals surface area contributed by atoms with Crippen LogP contribution < -0.4 is 4.72 Å². The molecule has 1 aliphatic rings. The van der Waals surface area contributed by atoms with Gasteiger partial charge in [0, 0.05) is 20.7 Å². The van der Waals surface area contributed by atoms with E-state index in [1.807, 2.05) is 13.0 Å². The SMILES string of the molecule is Cc1cc(Br)c(S(=O)(=O)NC2CCSC2)cc1Br. The molecule has 0 aliphatic carbocycles. The van der Waals surface area contributed by atoms with Crippen molar-refractivity contribution in [2.75, 3.05) is 11.5 Å². The first-order chi connectivity index (χ1) is 8.40. The fraction of sp³-hybridized carbons (Fsp3) is 0.455. The molecule has 1 aromatic carbocycles. The topological polar surface area (TPSA) is 46.2 Å². The second-order valence-electron chi connectivity index (χ2n) is 4.21. The number of thioether (sulfide) groups is 1. The number of hydrogen-bond donors (Lipinski definition) is 1. The van der Waals surface area contributed by atoms with Gasteiger partial charge in [0.05, 0.1) is 4.90 Å². The zero-order valence-electron chi connectivity index (χ0n) is 9.74. The highest BCUT2D eigenvalue weighted by Gasteiger charge is 2.25. The summed E-state index contributed by atoms with van der Waals surface area (Å²) >= 11 is 8.47. The molecule has 1 atom stereocenters. The summed E-state index contributed by atoms with van der Waals surface area (Å²) in [6.07, 6.45) is 0.897. The van der Waals surface area contributed by atoms with Gasteiger partial charge < -0.3 is 0 Å². The van der Waals surface area contributed by atoms with Crippen molar-refractivity contribution >= 4 is 53.6 Å². The summed E-state index contributed by atoms with van der Waals surface area (Å²) in [6, 6.07) is 3.50. The summed E-state index contributed by atoms with van der Waals surface area (Å²) in [5.41, 5.74) is 0.997. The molecule has 1 aromatic rings. The van der Waals surface area contributed by atoms with Crippen LogP contribution in [-0.2, 0) is 10.0 Å². The van der Waals surface area contributed by atoms with E-state index in [1.54, 1.807) is 17.8 Å². The first kappa shape index (κ1) is 14.8. The maximum atomic E-state index is 12.3. The van der Waals surface area contributed by atoms with Crippen molar-refractivity contribution in [3.8, 4) is 0 Å². The predicted octanol–water partition coefficient (Wildman–Crippen LogP) is 3.30. The zero-order chi connectivity index (χ0) is 13.3. The van der Waals surface area contributed by atoms with Crippen molar-refractivity contribution in [1.82, 2.24) is 4.72 Å². The van der Waals surface area contributed by atoms with E-state index in [1.165, 1.54) is 0 Å². The van der Waals surface area contributed by atoms with Gasteiger partial charge in [0.2, 0.25) is 10.0 Å². The maximum absolute atomic E-state index is 12.3. The fourth-order valence-corrected chi connectivity index (χ4v) is 5.95. The van der Waals surface area contributed by atoms with Crippen LogP contribution >= 0.6 is 43.6 Å². The van der Waals surface area contributed by atoms with Crippen LogP contribution in [0.15, 0.2) is 26.0 Å². The van der Waals surface area contributed by atoms with Crippen LogP contribution in [0.2, 0.25) is 0 Å². The summed E-state index contributed by atoms with van der Waals surface area (Å²) in [6.45, 7) is 1.92. The first-order valence-corrected chi connectivity index (χ1v) is 9.68. The molecule has 2 rings (SSSR count). The van der Waals surface area contributed by atoms with Gasteiger partial charge in [-0.15, -0.1) is 0 Å². The van der Waals surface area contributed by atoms with Crippen LogP contribution in [0.1, 0.15) is 12.0 Å². The van der Waals surface area contributed by atoms with E-state index in [0.29, 0.717) is 4.47 Å². The molecule has 1 N–H and O–H groups in total. The smallest absolute Gasteiger partial charge is 0.207 e. The molecule has 0 saturated carbocycles. The molecule has 18 heavy (non-hydrogen) atoms. The Morgan fingerprint density at radius 1 is 1.33 bits per heavy atom. The summed E-state index contributed by atoms with van der Waals surface area (Å²) < 4.78 is 28.8. The zero-order valence-corrected chi connectivity index (χ0v) is 14.5. The molecule has 1 saturated heterocycles. The van der Waals surface area contributed by atoms with Gasteiger partial charge in [0.1, 0.15) is 0 Å². The summed E-state index contributed by atoms with van der Waals surface area (Å²) in [4.78, 5) is 0.289. The average Bonchev–Trinajstić information content (AvgIpc) is 2.75. The predicted molar refractivity (Wildman–Crippen MR) is 82.6 cm³/mol. The van der Waals surface area contributed by atoms with Crippen LogP contribution in [0.25, 0.3) is 0 Å².